The van der Waals surface area contributed by atoms with Crippen LogP contribution in [-0.4, -0.2) is 32.2 Å². The molecule has 0 radical (unpaired) electrons. The number of hydrogen-bond donors (Lipinski definition) is 1. The van der Waals surface area contributed by atoms with Crippen LogP contribution in [0.15, 0.2) is 78.9 Å². The normalized spacial score (nSPS) is 11.7. The Balaban J connectivity index is 1.76. The summed E-state index contributed by atoms with van der Waals surface area (Å²) in [6.45, 7) is 4.86. The standard InChI is InChI=1S/C26H30N2O3S/c1-20(2)17-28(32(30,31)19-22-7-5-4-6-8-22)18-21-9-11-23(12-10-21)24-13-15-25(16-14-24)26(29)27-3/h4-16,20H,17-19H2,1-3H3,(H,27,29). The van der Waals surface area contributed by atoms with Crippen LogP contribution in [0.1, 0.15) is 35.3 Å². The number of carbonyl (C=O) groups is 1. The highest BCUT2D eigenvalue weighted by atomic mass is 32.2. The summed E-state index contributed by atoms with van der Waals surface area (Å²) in [5.41, 5.74) is 4.35. The summed E-state index contributed by atoms with van der Waals surface area (Å²) < 4.78 is 27.8. The molecule has 1 N–H and O–H groups in total. The van der Waals surface area contributed by atoms with E-state index in [-0.39, 0.29) is 17.6 Å². The Morgan fingerprint density at radius 1 is 0.844 bits per heavy atom. The molecule has 0 aromatic heterocycles. The fourth-order valence-corrected chi connectivity index (χ4v) is 5.19. The van der Waals surface area contributed by atoms with E-state index in [4.69, 9.17) is 0 Å². The zero-order valence-corrected chi connectivity index (χ0v) is 19.6. The Morgan fingerprint density at radius 3 is 1.94 bits per heavy atom. The summed E-state index contributed by atoms with van der Waals surface area (Å²) in [5, 5.41) is 2.61. The van der Waals surface area contributed by atoms with Crippen molar-refractivity contribution in [1.82, 2.24) is 9.62 Å². The molecule has 168 valence electrons. The van der Waals surface area contributed by atoms with Gasteiger partial charge >= 0.3 is 0 Å². The van der Waals surface area contributed by atoms with Gasteiger partial charge < -0.3 is 5.32 Å². The van der Waals surface area contributed by atoms with Crippen LogP contribution in [0.3, 0.4) is 0 Å². The predicted molar refractivity (Wildman–Crippen MR) is 130 cm³/mol. The van der Waals surface area contributed by atoms with E-state index in [0.717, 1.165) is 22.3 Å². The summed E-state index contributed by atoms with van der Waals surface area (Å²) in [6, 6.07) is 24.6. The molecule has 0 saturated heterocycles. The van der Waals surface area contributed by atoms with Crippen molar-refractivity contribution in [2.75, 3.05) is 13.6 Å². The van der Waals surface area contributed by atoms with Gasteiger partial charge in [-0.05, 0) is 40.3 Å². The lowest BCUT2D eigenvalue weighted by atomic mass is 10.0. The molecule has 0 aliphatic carbocycles. The Kier molecular flexibility index (Phi) is 7.83. The minimum absolute atomic E-state index is 0.00364. The maximum atomic E-state index is 13.1. The van der Waals surface area contributed by atoms with Crippen LogP contribution >= 0.6 is 0 Å². The highest BCUT2D eigenvalue weighted by molar-refractivity contribution is 7.88. The smallest absolute Gasteiger partial charge is 0.251 e. The summed E-state index contributed by atoms with van der Waals surface area (Å²) >= 11 is 0. The molecule has 0 spiro atoms. The largest absolute Gasteiger partial charge is 0.355 e. The first-order chi connectivity index (χ1) is 15.3. The van der Waals surface area contributed by atoms with Gasteiger partial charge in [0.15, 0.2) is 0 Å². The molecule has 3 aromatic rings. The third-order valence-corrected chi connectivity index (χ3v) is 6.94. The summed E-state index contributed by atoms with van der Waals surface area (Å²) in [5.74, 6) is 0.101. The third kappa shape index (κ3) is 6.28. The Labute approximate surface area is 191 Å². The van der Waals surface area contributed by atoms with Gasteiger partial charge in [0.25, 0.3) is 5.91 Å². The van der Waals surface area contributed by atoms with E-state index in [0.29, 0.717) is 18.7 Å². The monoisotopic (exact) mass is 450 g/mol. The van der Waals surface area contributed by atoms with Gasteiger partial charge in [0.05, 0.1) is 5.75 Å². The molecule has 0 saturated carbocycles. The molecule has 0 heterocycles. The van der Waals surface area contributed by atoms with Crippen molar-refractivity contribution < 1.29 is 13.2 Å². The quantitative estimate of drug-likeness (QED) is 0.514. The van der Waals surface area contributed by atoms with Crippen molar-refractivity contribution in [3.8, 4) is 11.1 Å². The lowest BCUT2D eigenvalue weighted by Gasteiger charge is -2.24. The van der Waals surface area contributed by atoms with Gasteiger partial charge in [0.2, 0.25) is 10.0 Å². The van der Waals surface area contributed by atoms with Crippen LogP contribution < -0.4 is 5.32 Å². The van der Waals surface area contributed by atoms with E-state index in [1.807, 2.05) is 80.6 Å². The fourth-order valence-electron chi connectivity index (χ4n) is 3.52. The lowest BCUT2D eigenvalue weighted by molar-refractivity contribution is 0.0963. The summed E-state index contributed by atoms with van der Waals surface area (Å²) in [7, 11) is -1.84. The molecule has 3 aromatic carbocycles. The van der Waals surface area contributed by atoms with Gasteiger partial charge in [-0.1, -0.05) is 80.6 Å². The van der Waals surface area contributed by atoms with Crippen LogP contribution in [0.4, 0.5) is 0 Å². The summed E-state index contributed by atoms with van der Waals surface area (Å²) in [6.07, 6.45) is 0. The molecule has 6 heteroatoms. The van der Waals surface area contributed by atoms with Gasteiger partial charge in [-0.3, -0.25) is 4.79 Å². The van der Waals surface area contributed by atoms with E-state index >= 15 is 0 Å². The van der Waals surface area contributed by atoms with Crippen LogP contribution in [0.5, 0.6) is 0 Å². The first kappa shape index (κ1) is 23.7. The molecule has 0 bridgehead atoms. The molecule has 5 nitrogen and oxygen atoms in total. The molecule has 0 aliphatic heterocycles. The van der Waals surface area contributed by atoms with Crippen molar-refractivity contribution in [2.24, 2.45) is 5.92 Å². The first-order valence-corrected chi connectivity index (χ1v) is 12.3. The number of sulfonamides is 1. The average Bonchev–Trinajstić information content (AvgIpc) is 2.79. The Bertz CT molecular complexity index is 1120. The molecule has 0 unspecified atom stereocenters. The Morgan fingerprint density at radius 2 is 1.41 bits per heavy atom. The minimum Gasteiger partial charge on any atom is -0.355 e. The van der Waals surface area contributed by atoms with Gasteiger partial charge in [0, 0.05) is 25.7 Å². The molecule has 32 heavy (non-hydrogen) atoms. The second kappa shape index (κ2) is 10.6. The molecule has 1 amide bonds. The van der Waals surface area contributed by atoms with Gasteiger partial charge in [-0.2, -0.15) is 4.31 Å². The SMILES string of the molecule is CNC(=O)c1ccc(-c2ccc(CN(CC(C)C)S(=O)(=O)Cc3ccccc3)cc2)cc1. The topological polar surface area (TPSA) is 66.5 Å². The van der Waals surface area contributed by atoms with E-state index in [2.05, 4.69) is 5.32 Å². The molecule has 3 rings (SSSR count). The first-order valence-electron chi connectivity index (χ1n) is 10.7. The van der Waals surface area contributed by atoms with Crippen LogP contribution in [0.2, 0.25) is 0 Å². The van der Waals surface area contributed by atoms with Crippen LogP contribution in [0, 0.1) is 5.92 Å². The van der Waals surface area contributed by atoms with Gasteiger partial charge in [-0.15, -0.1) is 0 Å². The highest BCUT2D eigenvalue weighted by Gasteiger charge is 2.23. The molecular weight excluding hydrogens is 420 g/mol. The second-order valence-electron chi connectivity index (χ2n) is 8.28. The van der Waals surface area contributed by atoms with Gasteiger partial charge in [0.1, 0.15) is 0 Å². The maximum absolute atomic E-state index is 13.1. The molecule has 0 fully saturated rings. The zero-order valence-electron chi connectivity index (χ0n) is 18.8. The maximum Gasteiger partial charge on any atom is 0.251 e. The number of carbonyl (C=O) groups excluding carboxylic acids is 1. The second-order valence-corrected chi connectivity index (χ2v) is 10.3. The average molecular weight is 451 g/mol. The molecular formula is C26H30N2O3S. The lowest BCUT2D eigenvalue weighted by Crippen LogP contribution is -2.34. The molecule has 0 atom stereocenters. The van der Waals surface area contributed by atoms with Crippen LogP contribution in [-0.2, 0) is 22.3 Å². The fraction of sp³-hybridized carbons (Fsp3) is 0.269. The highest BCUT2D eigenvalue weighted by Crippen LogP contribution is 2.22. The third-order valence-electron chi connectivity index (χ3n) is 5.17. The van der Waals surface area contributed by atoms with Crippen molar-refractivity contribution in [1.29, 1.82) is 0 Å². The number of nitrogens with one attached hydrogen (secondary N) is 1. The van der Waals surface area contributed by atoms with E-state index in [1.165, 1.54) is 0 Å². The Hall–Kier alpha value is -2.96. The summed E-state index contributed by atoms with van der Waals surface area (Å²) in [4.78, 5) is 11.7. The van der Waals surface area contributed by atoms with Crippen molar-refractivity contribution >= 4 is 15.9 Å². The number of amides is 1. The van der Waals surface area contributed by atoms with E-state index in [9.17, 15) is 13.2 Å². The number of rotatable bonds is 9. The predicted octanol–water partition coefficient (Wildman–Crippen LogP) is 4.70. The van der Waals surface area contributed by atoms with Gasteiger partial charge in [-0.25, -0.2) is 8.42 Å². The van der Waals surface area contributed by atoms with Crippen LogP contribution in [0.25, 0.3) is 11.1 Å². The molecule has 0 aliphatic rings. The zero-order chi connectivity index (χ0) is 23.1. The number of nitrogens with zero attached hydrogens (tertiary/aromatic N) is 1. The number of hydrogen-bond acceptors (Lipinski definition) is 3. The minimum atomic E-state index is -3.45. The number of benzene rings is 3. The van der Waals surface area contributed by atoms with Crippen molar-refractivity contribution in [2.45, 2.75) is 26.1 Å². The van der Waals surface area contributed by atoms with E-state index < -0.39 is 10.0 Å². The van der Waals surface area contributed by atoms with Crippen molar-refractivity contribution in [3.63, 3.8) is 0 Å². The van der Waals surface area contributed by atoms with Crippen molar-refractivity contribution in [3.05, 3.63) is 95.6 Å². The van der Waals surface area contributed by atoms with E-state index in [1.54, 1.807) is 23.5 Å².